The predicted molar refractivity (Wildman–Crippen MR) is 129 cm³/mol. The van der Waals surface area contributed by atoms with Crippen molar-refractivity contribution < 1.29 is 42.0 Å². The minimum Gasteiger partial charge on any atom is -0.320 e. The number of benzene rings is 2. The second-order valence-electron chi connectivity index (χ2n) is 8.73. The molecule has 3 nitrogen and oxygen atoms in total. The fourth-order valence-corrected chi connectivity index (χ4v) is 4.74. The van der Waals surface area contributed by atoms with Crippen molar-refractivity contribution in [3.63, 3.8) is 0 Å². The van der Waals surface area contributed by atoms with Crippen LogP contribution in [0.15, 0.2) is 48.5 Å². The minimum absolute atomic E-state index is 0. The zero-order valence-electron chi connectivity index (χ0n) is 20.3. The number of carbonyl (C=O) groups excluding carboxylic acids is 1. The van der Waals surface area contributed by atoms with Crippen molar-refractivity contribution in [2.45, 2.75) is 72.8 Å². The third kappa shape index (κ3) is 8.11. The number of rotatable bonds is 5. The van der Waals surface area contributed by atoms with E-state index in [1.165, 1.54) is 31.2 Å². The predicted octanol–water partition coefficient (Wildman–Crippen LogP) is 6.42. The van der Waals surface area contributed by atoms with Crippen LogP contribution in [-0.2, 0) is 37.5 Å². The number of nitrogens with zero attached hydrogens (tertiary/aromatic N) is 1. The molecule has 3 rings (SSSR count). The molecule has 2 aromatic carbocycles. The molecule has 1 unspecified atom stereocenters. The van der Waals surface area contributed by atoms with Crippen molar-refractivity contribution in [2.75, 3.05) is 25.0 Å². The van der Waals surface area contributed by atoms with Crippen LogP contribution in [0.1, 0.15) is 62.6 Å². The van der Waals surface area contributed by atoms with Gasteiger partial charge >= 0.3 is 0 Å². The molecule has 1 atom stereocenters. The van der Waals surface area contributed by atoms with Crippen molar-refractivity contribution in [2.24, 2.45) is 0 Å². The van der Waals surface area contributed by atoms with Gasteiger partial charge in [0.1, 0.15) is 0 Å². The number of anilines is 1. The Balaban J connectivity index is 0.000000510. The number of hydrogen-bond acceptors (Lipinski definition) is 1. The van der Waals surface area contributed by atoms with E-state index in [0.29, 0.717) is 0 Å². The minimum atomic E-state index is 0. The van der Waals surface area contributed by atoms with Gasteiger partial charge in [-0.2, -0.15) is 0 Å². The van der Waals surface area contributed by atoms with Crippen molar-refractivity contribution in [1.82, 2.24) is 0 Å². The Labute approximate surface area is 215 Å². The van der Waals surface area contributed by atoms with E-state index in [1.54, 1.807) is 0 Å². The number of quaternary nitrogens is 1. The molecule has 2 aromatic rings. The maximum absolute atomic E-state index is 13.1. The van der Waals surface area contributed by atoms with Gasteiger partial charge in [-0.1, -0.05) is 61.0 Å². The standard InChI is InChI=1S/C20H32N2O.C7H8.Y/c1-5-18(22(6-2)14-9-7-8-10-15-22)20(23)21-19-16(3)12-11-13-17(19)4;1-7-5-3-2-4-6-7;/h11-13,18H,5-10,14-15H2,1-4H3;2-6H,1H3;/p+1. The Morgan fingerprint density at radius 1 is 0.871 bits per heavy atom. The largest absolute Gasteiger partial charge is 0.320 e. The molecule has 0 aromatic heterocycles. The Kier molecular flexibility index (Phi) is 12.8. The second kappa shape index (κ2) is 14.2. The van der Waals surface area contributed by atoms with Crippen molar-refractivity contribution in [3.05, 3.63) is 65.2 Å². The van der Waals surface area contributed by atoms with Crippen molar-refractivity contribution >= 4 is 11.6 Å². The number of para-hydroxylation sites is 1. The van der Waals surface area contributed by atoms with Crippen LogP contribution >= 0.6 is 0 Å². The number of carbonyl (C=O) groups is 1. The number of amides is 1. The molecule has 31 heavy (non-hydrogen) atoms. The monoisotopic (exact) mass is 498 g/mol. The number of likely N-dealkylation sites (tertiary alicyclic amines) is 1. The molecule has 1 amide bonds. The van der Waals surface area contributed by atoms with Gasteiger partial charge in [0.15, 0.2) is 6.04 Å². The molecule has 1 fully saturated rings. The fourth-order valence-electron chi connectivity index (χ4n) is 4.74. The van der Waals surface area contributed by atoms with Crippen LogP contribution in [0.25, 0.3) is 0 Å². The zero-order valence-corrected chi connectivity index (χ0v) is 23.1. The van der Waals surface area contributed by atoms with E-state index in [9.17, 15) is 4.79 Å². The number of nitrogens with one attached hydrogen (secondary N) is 1. The normalized spacial score (nSPS) is 16.0. The average Bonchev–Trinajstić information content (AvgIpc) is 2.99. The van der Waals surface area contributed by atoms with E-state index in [2.05, 4.69) is 64.2 Å². The topological polar surface area (TPSA) is 29.1 Å². The Bertz CT molecular complexity index is 763. The molecular weight excluding hydrogens is 457 g/mol. The van der Waals surface area contributed by atoms with Crippen LogP contribution in [-0.4, -0.2) is 36.1 Å². The molecule has 0 spiro atoms. The quantitative estimate of drug-likeness (QED) is 0.474. The summed E-state index contributed by atoms with van der Waals surface area (Å²) in [6.45, 7) is 14.0. The molecular formula is C27H41N2OY+. The molecule has 0 bridgehead atoms. The summed E-state index contributed by atoms with van der Waals surface area (Å²) in [4.78, 5) is 13.1. The number of aryl methyl sites for hydroxylation is 3. The Morgan fingerprint density at radius 2 is 1.42 bits per heavy atom. The molecule has 0 saturated carbocycles. The van der Waals surface area contributed by atoms with Gasteiger partial charge < -0.3 is 9.80 Å². The van der Waals surface area contributed by atoms with Crippen LogP contribution in [0.2, 0.25) is 0 Å². The maximum atomic E-state index is 13.1. The molecule has 1 radical (unpaired) electrons. The molecule has 4 heteroatoms. The molecule has 167 valence electrons. The van der Waals surface area contributed by atoms with Crippen LogP contribution in [0.4, 0.5) is 5.69 Å². The summed E-state index contributed by atoms with van der Waals surface area (Å²) in [5.74, 6) is 0.202. The van der Waals surface area contributed by atoms with Crippen molar-refractivity contribution in [1.29, 1.82) is 0 Å². The zero-order chi connectivity index (χ0) is 22.0. The fraction of sp³-hybridized carbons (Fsp3) is 0.519. The summed E-state index contributed by atoms with van der Waals surface area (Å²) >= 11 is 0. The van der Waals surface area contributed by atoms with Gasteiger partial charge in [-0.3, -0.25) is 4.79 Å². The Hall–Kier alpha value is -1.03. The first-order chi connectivity index (χ1) is 14.4. The molecule has 1 aliphatic heterocycles. The number of hydrogen-bond donors (Lipinski definition) is 1. The summed E-state index contributed by atoms with van der Waals surface area (Å²) in [6.07, 6.45) is 6.04. The van der Waals surface area contributed by atoms with E-state index < -0.39 is 0 Å². The van der Waals surface area contributed by atoms with Gasteiger partial charge in [-0.15, -0.1) is 0 Å². The first-order valence-electron chi connectivity index (χ1n) is 11.7. The summed E-state index contributed by atoms with van der Waals surface area (Å²) in [7, 11) is 0. The van der Waals surface area contributed by atoms with Gasteiger partial charge in [0.2, 0.25) is 0 Å². The van der Waals surface area contributed by atoms with Gasteiger partial charge in [0.05, 0.1) is 19.6 Å². The number of likely N-dealkylation sites (N-methyl/N-ethyl adjacent to an activating group) is 1. The van der Waals surface area contributed by atoms with E-state index in [0.717, 1.165) is 47.4 Å². The van der Waals surface area contributed by atoms with Crippen LogP contribution in [0.3, 0.4) is 0 Å². The molecule has 0 aliphatic carbocycles. The van der Waals surface area contributed by atoms with Crippen LogP contribution in [0.5, 0.6) is 0 Å². The third-order valence-electron chi connectivity index (χ3n) is 6.61. The SMILES string of the molecule is CCC(C(=O)Nc1c(C)cccc1C)[N+]1(CC)CCCCCC1.Cc1ccccc1.[Y]. The van der Waals surface area contributed by atoms with Crippen LogP contribution < -0.4 is 5.32 Å². The van der Waals surface area contributed by atoms with Crippen molar-refractivity contribution in [3.8, 4) is 0 Å². The molecule has 1 aliphatic rings. The summed E-state index contributed by atoms with van der Waals surface area (Å²) in [5, 5.41) is 3.25. The summed E-state index contributed by atoms with van der Waals surface area (Å²) in [6, 6.07) is 16.5. The van der Waals surface area contributed by atoms with Gasteiger partial charge in [0.25, 0.3) is 5.91 Å². The van der Waals surface area contributed by atoms with Gasteiger partial charge in [0, 0.05) is 44.8 Å². The average molecular weight is 499 g/mol. The van der Waals surface area contributed by atoms with Crippen LogP contribution in [0, 0.1) is 20.8 Å². The molecule has 1 heterocycles. The Morgan fingerprint density at radius 3 is 1.84 bits per heavy atom. The maximum Gasteiger partial charge on any atom is 0.282 e. The van der Waals surface area contributed by atoms with Gasteiger partial charge in [-0.25, -0.2) is 0 Å². The van der Waals surface area contributed by atoms with E-state index in [1.807, 2.05) is 24.3 Å². The second-order valence-corrected chi connectivity index (χ2v) is 8.73. The summed E-state index contributed by atoms with van der Waals surface area (Å²) < 4.78 is 0.966. The smallest absolute Gasteiger partial charge is 0.282 e. The van der Waals surface area contributed by atoms with Gasteiger partial charge in [-0.05, 0) is 64.5 Å². The van der Waals surface area contributed by atoms with E-state index in [-0.39, 0.29) is 44.7 Å². The van der Waals surface area contributed by atoms with E-state index in [4.69, 9.17) is 0 Å². The first-order valence-corrected chi connectivity index (χ1v) is 11.7. The molecule has 1 N–H and O–H groups in total. The molecule has 1 saturated heterocycles. The third-order valence-corrected chi connectivity index (χ3v) is 6.61. The first kappa shape index (κ1) is 28.0. The van der Waals surface area contributed by atoms with E-state index >= 15 is 0 Å². The summed E-state index contributed by atoms with van der Waals surface area (Å²) in [5.41, 5.74) is 4.61.